The summed E-state index contributed by atoms with van der Waals surface area (Å²) in [6.07, 6.45) is 11.4. The van der Waals surface area contributed by atoms with Crippen molar-refractivity contribution < 1.29 is 13.6 Å². The fourth-order valence-corrected chi connectivity index (χ4v) is 3.08. The van der Waals surface area contributed by atoms with Crippen LogP contribution in [0.15, 0.2) is 0 Å². The van der Waals surface area contributed by atoms with Gasteiger partial charge < -0.3 is 11.5 Å². The molecular formula is C17H39N3O3P+. The fraction of sp³-hybridized carbons (Fsp3) is 1.00. The molecule has 0 heterocycles. The van der Waals surface area contributed by atoms with Crippen LogP contribution in [0.3, 0.4) is 0 Å². The molecular weight excluding hydrogens is 325 g/mol. The molecule has 144 valence electrons. The average Bonchev–Trinajstić information content (AvgIpc) is 2.58. The first-order valence-corrected chi connectivity index (χ1v) is 10.7. The molecule has 0 aliphatic rings. The van der Waals surface area contributed by atoms with Gasteiger partial charge in [0.15, 0.2) is 6.23 Å². The third-order valence-electron chi connectivity index (χ3n) is 3.83. The fourth-order valence-electron chi connectivity index (χ4n) is 2.35. The van der Waals surface area contributed by atoms with Crippen LogP contribution in [0.1, 0.15) is 77.6 Å². The van der Waals surface area contributed by atoms with E-state index in [4.69, 9.17) is 20.5 Å². The molecule has 6 nitrogen and oxygen atoms in total. The first-order valence-electron chi connectivity index (χ1n) is 9.65. The molecule has 0 aliphatic heterocycles. The van der Waals surface area contributed by atoms with Crippen molar-refractivity contribution in [3.05, 3.63) is 0 Å². The molecule has 0 spiro atoms. The lowest BCUT2D eigenvalue weighted by molar-refractivity contribution is 0.125. The summed E-state index contributed by atoms with van der Waals surface area (Å²) in [5, 5.41) is 3.36. The first-order chi connectivity index (χ1) is 11.7. The van der Waals surface area contributed by atoms with Crippen molar-refractivity contribution in [3.8, 4) is 0 Å². The van der Waals surface area contributed by atoms with Crippen LogP contribution in [0.5, 0.6) is 0 Å². The molecule has 0 aliphatic carbocycles. The van der Waals surface area contributed by atoms with E-state index in [9.17, 15) is 4.57 Å². The Labute approximate surface area is 149 Å². The van der Waals surface area contributed by atoms with E-state index in [0.29, 0.717) is 6.61 Å². The highest BCUT2D eigenvalue weighted by molar-refractivity contribution is 7.33. The monoisotopic (exact) mass is 364 g/mol. The maximum atomic E-state index is 11.9. The molecule has 5 N–H and O–H groups in total. The Morgan fingerprint density at radius 1 is 0.917 bits per heavy atom. The third kappa shape index (κ3) is 16.7. The minimum absolute atomic E-state index is 0.202. The van der Waals surface area contributed by atoms with E-state index < -0.39 is 8.25 Å². The molecule has 0 fully saturated rings. The van der Waals surface area contributed by atoms with Gasteiger partial charge in [-0.1, -0.05) is 43.6 Å². The highest BCUT2D eigenvalue weighted by Gasteiger charge is 2.26. The summed E-state index contributed by atoms with van der Waals surface area (Å²) in [7, 11) is -2.04. The Morgan fingerprint density at radius 2 is 1.58 bits per heavy atom. The van der Waals surface area contributed by atoms with Gasteiger partial charge in [-0.15, -0.1) is 4.52 Å². The molecule has 0 radical (unpaired) electrons. The van der Waals surface area contributed by atoms with E-state index in [0.717, 1.165) is 90.3 Å². The van der Waals surface area contributed by atoms with Crippen molar-refractivity contribution in [1.29, 1.82) is 0 Å². The normalized spacial score (nSPS) is 13.2. The largest absolute Gasteiger partial charge is 0.699 e. The van der Waals surface area contributed by atoms with Gasteiger partial charge in [0.25, 0.3) is 0 Å². The Hall–Kier alpha value is -0.100. The van der Waals surface area contributed by atoms with E-state index in [1.165, 1.54) is 0 Å². The van der Waals surface area contributed by atoms with Gasteiger partial charge in [0.05, 0.1) is 0 Å². The van der Waals surface area contributed by atoms with E-state index in [-0.39, 0.29) is 6.23 Å². The van der Waals surface area contributed by atoms with Crippen molar-refractivity contribution >= 4 is 8.25 Å². The Morgan fingerprint density at radius 3 is 2.25 bits per heavy atom. The molecule has 0 aromatic rings. The van der Waals surface area contributed by atoms with Crippen LogP contribution < -0.4 is 16.8 Å². The maximum absolute atomic E-state index is 11.9. The number of hydrogen-bond acceptors (Lipinski definition) is 6. The van der Waals surface area contributed by atoms with Crippen LogP contribution in [0.4, 0.5) is 0 Å². The van der Waals surface area contributed by atoms with Crippen LogP contribution in [0.2, 0.25) is 0 Å². The van der Waals surface area contributed by atoms with Crippen LogP contribution in [-0.2, 0) is 13.6 Å². The molecule has 2 atom stereocenters. The van der Waals surface area contributed by atoms with Gasteiger partial charge in [-0.3, -0.25) is 5.32 Å². The average molecular weight is 364 g/mol. The van der Waals surface area contributed by atoms with Gasteiger partial charge >= 0.3 is 8.25 Å². The zero-order chi connectivity index (χ0) is 17.9. The first kappa shape index (κ1) is 23.9. The van der Waals surface area contributed by atoms with Crippen molar-refractivity contribution in [3.63, 3.8) is 0 Å². The number of unbranched alkanes of at least 4 members (excludes halogenated alkanes) is 7. The zero-order valence-electron chi connectivity index (χ0n) is 15.5. The molecule has 0 rings (SSSR count). The summed E-state index contributed by atoms with van der Waals surface area (Å²) in [5.74, 6) is 0. The second-order valence-corrected chi connectivity index (χ2v) is 7.07. The van der Waals surface area contributed by atoms with Gasteiger partial charge in [-0.25, -0.2) is 0 Å². The smallest absolute Gasteiger partial charge is 0.330 e. The lowest BCUT2D eigenvalue weighted by atomic mass is 10.1. The molecule has 0 saturated heterocycles. The summed E-state index contributed by atoms with van der Waals surface area (Å²) in [5.41, 5.74) is 11.0. The van der Waals surface area contributed by atoms with Gasteiger partial charge in [-0.2, -0.15) is 0 Å². The van der Waals surface area contributed by atoms with Crippen molar-refractivity contribution in [1.82, 2.24) is 5.32 Å². The predicted molar refractivity (Wildman–Crippen MR) is 101 cm³/mol. The summed E-state index contributed by atoms with van der Waals surface area (Å²) in [4.78, 5) is 0. The predicted octanol–water partition coefficient (Wildman–Crippen LogP) is 3.82. The Balaban J connectivity index is 3.95. The minimum atomic E-state index is -2.04. The summed E-state index contributed by atoms with van der Waals surface area (Å²) in [6, 6.07) is 0. The van der Waals surface area contributed by atoms with Gasteiger partial charge in [0.1, 0.15) is 6.61 Å². The van der Waals surface area contributed by atoms with E-state index in [1.807, 2.05) is 0 Å². The lowest BCUT2D eigenvalue weighted by Gasteiger charge is -2.13. The second kappa shape index (κ2) is 19.2. The van der Waals surface area contributed by atoms with Crippen LogP contribution in [0.25, 0.3) is 0 Å². The molecule has 7 heteroatoms. The van der Waals surface area contributed by atoms with Crippen LogP contribution in [-0.4, -0.2) is 32.5 Å². The second-order valence-electron chi connectivity index (χ2n) is 6.15. The lowest BCUT2D eigenvalue weighted by Crippen LogP contribution is -2.31. The number of hydrogen-bond donors (Lipinski definition) is 3. The molecule has 0 saturated carbocycles. The minimum Gasteiger partial charge on any atom is -0.330 e. The third-order valence-corrected chi connectivity index (χ3v) is 4.65. The zero-order valence-corrected chi connectivity index (χ0v) is 16.4. The van der Waals surface area contributed by atoms with Crippen LogP contribution >= 0.6 is 8.25 Å². The topological polar surface area (TPSA) is 99.6 Å². The Bertz CT molecular complexity index is 284. The Kier molecular flexibility index (Phi) is 19.1. The van der Waals surface area contributed by atoms with Crippen molar-refractivity contribution in [2.24, 2.45) is 11.5 Å². The van der Waals surface area contributed by atoms with E-state index in [1.54, 1.807) is 0 Å². The molecule has 0 amide bonds. The SMILES string of the molecule is CCCCCO[P+](=O)OC(CCCCCN)NCCCCCCN. The summed E-state index contributed by atoms with van der Waals surface area (Å²) >= 11 is 0. The highest BCUT2D eigenvalue weighted by atomic mass is 31.1. The quantitative estimate of drug-likeness (QED) is 0.183. The van der Waals surface area contributed by atoms with Crippen molar-refractivity contribution in [2.45, 2.75) is 83.8 Å². The number of nitrogens with two attached hydrogens (primary N) is 2. The molecule has 0 bridgehead atoms. The van der Waals surface area contributed by atoms with Gasteiger partial charge in [0.2, 0.25) is 0 Å². The number of nitrogens with one attached hydrogen (secondary N) is 1. The van der Waals surface area contributed by atoms with Crippen LogP contribution in [0, 0.1) is 0 Å². The summed E-state index contributed by atoms with van der Waals surface area (Å²) in [6.45, 7) is 4.98. The maximum Gasteiger partial charge on any atom is 0.699 e. The number of rotatable bonds is 19. The van der Waals surface area contributed by atoms with Gasteiger partial charge in [0, 0.05) is 4.57 Å². The molecule has 24 heavy (non-hydrogen) atoms. The van der Waals surface area contributed by atoms with Gasteiger partial charge in [-0.05, 0) is 58.2 Å². The standard InChI is InChI=1S/C17H39N3O3P/c1-2-3-11-16-22-24(21)23-17(12-7-6-9-14-19)20-15-10-5-4-8-13-18/h17,20H,2-16,18-19H2,1H3/q+1. The molecule has 0 aromatic carbocycles. The van der Waals surface area contributed by atoms with Crippen molar-refractivity contribution in [2.75, 3.05) is 26.2 Å². The van der Waals surface area contributed by atoms with E-state index in [2.05, 4.69) is 12.2 Å². The highest BCUT2D eigenvalue weighted by Crippen LogP contribution is 2.27. The molecule has 0 aromatic heterocycles. The van der Waals surface area contributed by atoms with E-state index >= 15 is 0 Å². The summed E-state index contributed by atoms with van der Waals surface area (Å²) < 4.78 is 22.7. The molecule has 2 unspecified atom stereocenters.